The van der Waals surface area contributed by atoms with Crippen molar-refractivity contribution in [3.63, 3.8) is 0 Å². The Bertz CT molecular complexity index is 888. The number of rotatable bonds is 7. The van der Waals surface area contributed by atoms with Crippen LogP contribution >= 0.6 is 0 Å². The van der Waals surface area contributed by atoms with Gasteiger partial charge in [-0.1, -0.05) is 36.4 Å². The van der Waals surface area contributed by atoms with E-state index in [4.69, 9.17) is 4.74 Å². The van der Waals surface area contributed by atoms with Gasteiger partial charge in [0.2, 0.25) is 10.0 Å². The molecule has 0 bridgehead atoms. The SMILES string of the molecule is CCOc1ccc(S(=O)(=O)NC(c2ccccc2)c2ccccn2)cc1. The van der Waals surface area contributed by atoms with Crippen molar-refractivity contribution >= 4 is 10.0 Å². The fourth-order valence-electron chi connectivity index (χ4n) is 2.60. The van der Waals surface area contributed by atoms with Crippen molar-refractivity contribution in [3.05, 3.63) is 90.3 Å². The van der Waals surface area contributed by atoms with Gasteiger partial charge < -0.3 is 4.74 Å². The lowest BCUT2D eigenvalue weighted by atomic mass is 10.0. The van der Waals surface area contributed by atoms with Crippen molar-refractivity contribution in [2.45, 2.75) is 17.9 Å². The molecule has 2 aromatic carbocycles. The molecule has 1 N–H and O–H groups in total. The number of benzene rings is 2. The van der Waals surface area contributed by atoms with Crippen molar-refractivity contribution in [2.75, 3.05) is 6.61 Å². The van der Waals surface area contributed by atoms with Crippen molar-refractivity contribution < 1.29 is 13.2 Å². The third-order valence-corrected chi connectivity index (χ3v) is 5.27. The Kier molecular flexibility index (Phi) is 5.65. The molecule has 1 heterocycles. The largest absolute Gasteiger partial charge is 0.494 e. The van der Waals surface area contributed by atoms with Crippen LogP contribution in [0.1, 0.15) is 24.2 Å². The van der Waals surface area contributed by atoms with Crippen LogP contribution in [-0.4, -0.2) is 20.0 Å². The summed E-state index contributed by atoms with van der Waals surface area (Å²) in [7, 11) is -3.73. The number of ether oxygens (including phenoxy) is 1. The highest BCUT2D eigenvalue weighted by atomic mass is 32.2. The average Bonchev–Trinajstić information content (AvgIpc) is 2.68. The smallest absolute Gasteiger partial charge is 0.241 e. The van der Waals surface area contributed by atoms with Crippen LogP contribution in [-0.2, 0) is 10.0 Å². The number of sulfonamides is 1. The molecule has 0 radical (unpaired) electrons. The van der Waals surface area contributed by atoms with Gasteiger partial charge in [-0.25, -0.2) is 8.42 Å². The second-order valence-electron chi connectivity index (χ2n) is 5.62. The van der Waals surface area contributed by atoms with Gasteiger partial charge in [0.25, 0.3) is 0 Å². The second kappa shape index (κ2) is 8.12. The van der Waals surface area contributed by atoms with Gasteiger partial charge >= 0.3 is 0 Å². The molecule has 134 valence electrons. The van der Waals surface area contributed by atoms with Crippen LogP contribution in [0.25, 0.3) is 0 Å². The zero-order chi connectivity index (χ0) is 18.4. The number of hydrogen-bond acceptors (Lipinski definition) is 4. The summed E-state index contributed by atoms with van der Waals surface area (Å²) in [4.78, 5) is 4.50. The highest BCUT2D eigenvalue weighted by Gasteiger charge is 2.23. The van der Waals surface area contributed by atoms with Crippen LogP contribution in [0.3, 0.4) is 0 Å². The molecule has 6 heteroatoms. The summed E-state index contributed by atoms with van der Waals surface area (Å²) in [6.07, 6.45) is 1.65. The summed E-state index contributed by atoms with van der Waals surface area (Å²) in [5, 5.41) is 0. The first-order valence-corrected chi connectivity index (χ1v) is 9.79. The maximum absolute atomic E-state index is 12.9. The van der Waals surface area contributed by atoms with Gasteiger partial charge in [-0.15, -0.1) is 0 Å². The Hall–Kier alpha value is -2.70. The molecule has 1 aromatic heterocycles. The zero-order valence-electron chi connectivity index (χ0n) is 14.4. The lowest BCUT2D eigenvalue weighted by Gasteiger charge is -2.19. The summed E-state index contributed by atoms with van der Waals surface area (Å²) in [6.45, 7) is 2.41. The van der Waals surface area contributed by atoms with E-state index in [9.17, 15) is 8.42 Å². The number of pyridine rings is 1. The predicted molar refractivity (Wildman–Crippen MR) is 100 cm³/mol. The maximum atomic E-state index is 12.9. The van der Waals surface area contributed by atoms with E-state index in [0.717, 1.165) is 5.56 Å². The topological polar surface area (TPSA) is 68.3 Å². The van der Waals surface area contributed by atoms with Crippen molar-refractivity contribution in [1.29, 1.82) is 0 Å². The fraction of sp³-hybridized carbons (Fsp3) is 0.150. The average molecular weight is 368 g/mol. The predicted octanol–water partition coefficient (Wildman–Crippen LogP) is 3.55. The molecule has 1 atom stereocenters. The molecule has 26 heavy (non-hydrogen) atoms. The van der Waals surface area contributed by atoms with Crippen LogP contribution in [0.5, 0.6) is 5.75 Å². The second-order valence-corrected chi connectivity index (χ2v) is 7.34. The Balaban J connectivity index is 1.93. The summed E-state index contributed by atoms with van der Waals surface area (Å²) in [6, 6.07) is 20.6. The first-order valence-electron chi connectivity index (χ1n) is 8.31. The number of aromatic nitrogens is 1. The molecule has 0 saturated heterocycles. The van der Waals surface area contributed by atoms with E-state index in [1.807, 2.05) is 43.3 Å². The first kappa shape index (κ1) is 18.1. The Morgan fingerprint density at radius 3 is 2.27 bits per heavy atom. The van der Waals surface area contributed by atoms with Crippen LogP contribution in [0, 0.1) is 0 Å². The summed E-state index contributed by atoms with van der Waals surface area (Å²) in [5.74, 6) is 0.635. The van der Waals surface area contributed by atoms with Crippen LogP contribution in [0.4, 0.5) is 0 Å². The van der Waals surface area contributed by atoms with E-state index in [1.165, 1.54) is 12.1 Å². The van der Waals surface area contributed by atoms with E-state index >= 15 is 0 Å². The molecule has 5 nitrogen and oxygen atoms in total. The van der Waals surface area contributed by atoms with E-state index in [2.05, 4.69) is 9.71 Å². The summed E-state index contributed by atoms with van der Waals surface area (Å²) < 4.78 is 33.9. The Morgan fingerprint density at radius 1 is 0.962 bits per heavy atom. The normalized spacial score (nSPS) is 12.5. The van der Waals surface area contributed by atoms with E-state index < -0.39 is 16.1 Å². The van der Waals surface area contributed by atoms with E-state index in [-0.39, 0.29) is 4.90 Å². The van der Waals surface area contributed by atoms with E-state index in [1.54, 1.807) is 30.5 Å². The van der Waals surface area contributed by atoms with Crippen LogP contribution < -0.4 is 9.46 Å². The fourth-order valence-corrected chi connectivity index (χ4v) is 3.79. The van der Waals surface area contributed by atoms with Gasteiger partial charge in [-0.05, 0) is 48.9 Å². The molecule has 0 spiro atoms. The molecule has 0 aliphatic rings. The highest BCUT2D eigenvalue weighted by molar-refractivity contribution is 7.89. The highest BCUT2D eigenvalue weighted by Crippen LogP contribution is 2.24. The van der Waals surface area contributed by atoms with Gasteiger partial charge in [0.1, 0.15) is 5.75 Å². The molecule has 0 fully saturated rings. The molecule has 0 amide bonds. The summed E-state index contributed by atoms with van der Waals surface area (Å²) in [5.41, 5.74) is 1.45. The maximum Gasteiger partial charge on any atom is 0.241 e. The first-order chi connectivity index (χ1) is 12.6. The minimum Gasteiger partial charge on any atom is -0.494 e. The summed E-state index contributed by atoms with van der Waals surface area (Å²) >= 11 is 0. The molecule has 0 aliphatic heterocycles. The van der Waals surface area contributed by atoms with Crippen LogP contribution in [0.2, 0.25) is 0 Å². The van der Waals surface area contributed by atoms with Crippen molar-refractivity contribution in [2.24, 2.45) is 0 Å². The van der Waals surface area contributed by atoms with E-state index in [0.29, 0.717) is 18.1 Å². The number of nitrogens with zero attached hydrogens (tertiary/aromatic N) is 1. The molecule has 1 unspecified atom stereocenters. The van der Waals surface area contributed by atoms with Gasteiger partial charge in [0.05, 0.1) is 23.2 Å². The standard InChI is InChI=1S/C20H20N2O3S/c1-2-25-17-11-13-18(14-12-17)26(23,24)22-20(16-8-4-3-5-9-16)19-10-6-7-15-21-19/h3-15,20,22H,2H2,1H3. The molecule has 0 aliphatic carbocycles. The Labute approximate surface area is 153 Å². The van der Waals surface area contributed by atoms with Crippen LogP contribution in [0.15, 0.2) is 83.9 Å². The monoisotopic (exact) mass is 368 g/mol. The van der Waals surface area contributed by atoms with Gasteiger partial charge in [0, 0.05) is 6.20 Å². The van der Waals surface area contributed by atoms with Gasteiger partial charge in [-0.2, -0.15) is 4.72 Å². The van der Waals surface area contributed by atoms with Gasteiger partial charge in [0.15, 0.2) is 0 Å². The Morgan fingerprint density at radius 2 is 1.65 bits per heavy atom. The zero-order valence-corrected chi connectivity index (χ0v) is 15.2. The molecular formula is C20H20N2O3S. The molecule has 3 rings (SSSR count). The number of nitrogens with one attached hydrogen (secondary N) is 1. The minimum absolute atomic E-state index is 0.179. The molecule has 3 aromatic rings. The third kappa shape index (κ3) is 4.28. The quantitative estimate of drug-likeness (QED) is 0.692. The third-order valence-electron chi connectivity index (χ3n) is 3.83. The molecular weight excluding hydrogens is 348 g/mol. The lowest BCUT2D eigenvalue weighted by Crippen LogP contribution is -2.30. The van der Waals surface area contributed by atoms with Crippen molar-refractivity contribution in [1.82, 2.24) is 9.71 Å². The minimum atomic E-state index is -3.73. The van der Waals surface area contributed by atoms with Crippen molar-refractivity contribution in [3.8, 4) is 5.75 Å². The molecule has 0 saturated carbocycles. The van der Waals surface area contributed by atoms with Gasteiger partial charge in [-0.3, -0.25) is 4.98 Å². The lowest BCUT2D eigenvalue weighted by molar-refractivity contribution is 0.340. The number of hydrogen-bond donors (Lipinski definition) is 1.